The molecule has 0 amide bonds. The summed E-state index contributed by atoms with van der Waals surface area (Å²) in [5.74, 6) is 0.872. The molecule has 28 heavy (non-hydrogen) atoms. The maximum atomic E-state index is 13.8. The first-order chi connectivity index (χ1) is 13.5. The van der Waals surface area contributed by atoms with Crippen LogP contribution in [0.5, 0.6) is 0 Å². The normalized spacial score (nSPS) is 47.7. The molecule has 5 N–H and O–H groups in total. The van der Waals surface area contributed by atoms with Crippen molar-refractivity contribution in [2.24, 2.45) is 11.8 Å². The van der Waals surface area contributed by atoms with Crippen LogP contribution in [0.4, 0.5) is 8.78 Å². The predicted octanol–water partition coefficient (Wildman–Crippen LogP) is -0.852. The highest BCUT2D eigenvalue weighted by Gasteiger charge is 2.45. The van der Waals surface area contributed by atoms with E-state index in [1.807, 2.05) is 0 Å². The zero-order valence-electron chi connectivity index (χ0n) is 17.4. The number of nitrogens with two attached hydrogens (primary N) is 1. The van der Waals surface area contributed by atoms with Crippen LogP contribution in [-0.2, 0) is 4.84 Å². The van der Waals surface area contributed by atoms with Gasteiger partial charge in [-0.05, 0) is 39.8 Å². The van der Waals surface area contributed by atoms with E-state index in [1.54, 1.807) is 0 Å². The minimum Gasteiger partial charge on any atom is -0.331 e. The summed E-state index contributed by atoms with van der Waals surface area (Å²) in [5, 5.41) is 6.14. The van der Waals surface area contributed by atoms with Crippen molar-refractivity contribution in [1.29, 1.82) is 0 Å². The van der Waals surface area contributed by atoms with Crippen molar-refractivity contribution in [2.75, 3.05) is 33.7 Å². The number of piperidine rings is 1. The van der Waals surface area contributed by atoms with Crippen molar-refractivity contribution in [3.05, 3.63) is 0 Å². The number of nitrogens with zero attached hydrogens (tertiary/aromatic N) is 1. The molecule has 4 rings (SSSR count). The SMILES string of the molecule is CN(C)C1CCC(C2NOC(C3CCC[NH+]3CC3CCC(F)C(F)C3)N2)C[NH2+]1. The summed E-state index contributed by atoms with van der Waals surface area (Å²) in [4.78, 5) is 9.80. The first kappa shape index (κ1) is 20.9. The van der Waals surface area contributed by atoms with Gasteiger partial charge in [0.25, 0.3) is 0 Å². The van der Waals surface area contributed by atoms with Crippen LogP contribution in [0.25, 0.3) is 0 Å². The van der Waals surface area contributed by atoms with Crippen LogP contribution in [0.2, 0.25) is 0 Å². The van der Waals surface area contributed by atoms with Gasteiger partial charge >= 0.3 is 0 Å². The van der Waals surface area contributed by atoms with Crippen molar-refractivity contribution in [1.82, 2.24) is 15.7 Å². The van der Waals surface area contributed by atoms with Gasteiger partial charge in [0, 0.05) is 31.1 Å². The van der Waals surface area contributed by atoms with E-state index in [2.05, 4.69) is 35.1 Å². The zero-order chi connectivity index (χ0) is 19.7. The number of hydrogen-bond donors (Lipinski definition) is 4. The monoisotopic (exact) mass is 403 g/mol. The lowest BCUT2D eigenvalue weighted by molar-refractivity contribution is -0.919. The van der Waals surface area contributed by atoms with Crippen LogP contribution < -0.4 is 21.0 Å². The van der Waals surface area contributed by atoms with E-state index in [9.17, 15) is 8.78 Å². The number of nitrogens with one attached hydrogen (secondary N) is 3. The van der Waals surface area contributed by atoms with Crippen molar-refractivity contribution in [3.63, 3.8) is 0 Å². The van der Waals surface area contributed by atoms with E-state index < -0.39 is 12.3 Å². The molecule has 0 aromatic heterocycles. The molecule has 9 atom stereocenters. The molecule has 3 heterocycles. The highest BCUT2D eigenvalue weighted by Crippen LogP contribution is 2.28. The topological polar surface area (TPSA) is 57.6 Å². The molecular weight excluding hydrogens is 364 g/mol. The van der Waals surface area contributed by atoms with Gasteiger partial charge in [-0.25, -0.2) is 8.78 Å². The quantitative estimate of drug-likeness (QED) is 0.483. The summed E-state index contributed by atoms with van der Waals surface area (Å²) in [7, 11) is 4.30. The van der Waals surface area contributed by atoms with E-state index in [4.69, 9.17) is 4.84 Å². The van der Waals surface area contributed by atoms with Gasteiger partial charge in [-0.2, -0.15) is 5.48 Å². The largest absolute Gasteiger partial charge is 0.331 e. The third kappa shape index (κ3) is 4.68. The summed E-state index contributed by atoms with van der Waals surface area (Å²) in [5.41, 5.74) is 3.27. The Morgan fingerprint density at radius 3 is 2.68 bits per heavy atom. The Bertz CT molecular complexity index is 505. The molecule has 1 aliphatic carbocycles. The van der Waals surface area contributed by atoms with E-state index in [1.165, 1.54) is 24.2 Å². The summed E-state index contributed by atoms with van der Waals surface area (Å²) in [6.45, 7) is 3.17. The van der Waals surface area contributed by atoms with Crippen LogP contribution in [0, 0.1) is 11.8 Å². The second-order valence-electron chi connectivity index (χ2n) is 9.71. The molecule has 8 heteroatoms. The standard InChI is InChI=1S/C20H37F2N5O/c1-26(2)18-8-6-14(11-23-18)19-24-20(28-25-19)17-4-3-9-27(17)12-13-5-7-15(21)16(22)10-13/h13-20,23-25H,3-12H2,1-2H3/p+2. The van der Waals surface area contributed by atoms with E-state index in [-0.39, 0.29) is 12.4 Å². The average molecular weight is 404 g/mol. The minimum absolute atomic E-state index is 0.0211. The molecule has 4 aliphatic rings. The van der Waals surface area contributed by atoms with Crippen molar-refractivity contribution >= 4 is 0 Å². The van der Waals surface area contributed by atoms with Gasteiger partial charge in [0.2, 0.25) is 0 Å². The number of rotatable bonds is 5. The maximum Gasteiger partial charge on any atom is 0.183 e. The second kappa shape index (κ2) is 9.18. The van der Waals surface area contributed by atoms with Gasteiger partial charge in [0.1, 0.15) is 24.6 Å². The fourth-order valence-electron chi connectivity index (χ4n) is 5.82. The van der Waals surface area contributed by atoms with Crippen LogP contribution in [-0.4, -0.2) is 75.6 Å². The fraction of sp³-hybridized carbons (Fsp3) is 1.00. The Labute approximate surface area is 167 Å². The van der Waals surface area contributed by atoms with E-state index in [0.29, 0.717) is 36.9 Å². The Hall–Kier alpha value is -0.380. The molecule has 6 nitrogen and oxygen atoms in total. The van der Waals surface area contributed by atoms with Crippen molar-refractivity contribution < 1.29 is 23.8 Å². The molecule has 4 fully saturated rings. The molecule has 162 valence electrons. The first-order valence-electron chi connectivity index (χ1n) is 11.3. The summed E-state index contributed by atoms with van der Waals surface area (Å²) in [6.07, 6.45) is 4.63. The van der Waals surface area contributed by atoms with E-state index in [0.717, 1.165) is 32.5 Å². The molecule has 3 aliphatic heterocycles. The molecule has 1 saturated carbocycles. The first-order valence-corrected chi connectivity index (χ1v) is 11.3. The Kier molecular flexibility index (Phi) is 6.85. The number of quaternary nitrogens is 2. The van der Waals surface area contributed by atoms with Crippen LogP contribution in [0.1, 0.15) is 44.9 Å². The summed E-state index contributed by atoms with van der Waals surface area (Å²) in [6, 6.07) is 0.403. The number of hydrogen-bond acceptors (Lipinski definition) is 4. The minimum atomic E-state index is -1.26. The van der Waals surface area contributed by atoms with Gasteiger partial charge in [0.05, 0.1) is 25.8 Å². The highest BCUT2D eigenvalue weighted by atomic mass is 19.2. The number of alkyl halides is 2. The maximum absolute atomic E-state index is 13.8. The molecule has 0 aromatic carbocycles. The molecule has 3 saturated heterocycles. The summed E-state index contributed by atoms with van der Waals surface area (Å²) >= 11 is 0. The highest BCUT2D eigenvalue weighted by molar-refractivity contribution is 4.85. The van der Waals surface area contributed by atoms with Gasteiger partial charge in [-0.1, -0.05) is 0 Å². The average Bonchev–Trinajstić information content (AvgIpc) is 3.34. The van der Waals surface area contributed by atoms with Gasteiger partial charge in [-0.3, -0.25) is 15.1 Å². The van der Waals surface area contributed by atoms with Crippen molar-refractivity contribution in [3.8, 4) is 0 Å². The lowest BCUT2D eigenvalue weighted by atomic mass is 9.86. The second-order valence-corrected chi connectivity index (χ2v) is 9.71. The number of likely N-dealkylation sites (tertiary alicyclic amines) is 1. The molecule has 0 aromatic rings. The third-order valence-corrected chi connectivity index (χ3v) is 7.60. The Morgan fingerprint density at radius 1 is 1.11 bits per heavy atom. The third-order valence-electron chi connectivity index (χ3n) is 7.60. The van der Waals surface area contributed by atoms with Crippen LogP contribution in [0.3, 0.4) is 0 Å². The lowest BCUT2D eigenvalue weighted by Crippen LogP contribution is -3.16. The Balaban J connectivity index is 1.26. The van der Waals surface area contributed by atoms with Crippen molar-refractivity contribution in [2.45, 2.75) is 81.9 Å². The molecular formula is C20H39F2N5O+2. The van der Waals surface area contributed by atoms with Gasteiger partial charge < -0.3 is 10.2 Å². The number of hydroxylamine groups is 1. The summed E-state index contributed by atoms with van der Waals surface area (Å²) < 4.78 is 27.2. The fourth-order valence-corrected chi connectivity index (χ4v) is 5.82. The van der Waals surface area contributed by atoms with Crippen LogP contribution in [0.15, 0.2) is 0 Å². The smallest absolute Gasteiger partial charge is 0.183 e. The lowest BCUT2D eigenvalue weighted by Gasteiger charge is -2.33. The molecule has 0 bridgehead atoms. The van der Waals surface area contributed by atoms with E-state index >= 15 is 0 Å². The number of halogens is 2. The predicted molar refractivity (Wildman–Crippen MR) is 103 cm³/mol. The molecule has 0 spiro atoms. The Morgan fingerprint density at radius 2 is 1.96 bits per heavy atom. The van der Waals surface area contributed by atoms with Gasteiger partial charge in [-0.15, -0.1) is 0 Å². The zero-order valence-corrected chi connectivity index (χ0v) is 17.4. The molecule has 0 radical (unpaired) electrons. The van der Waals surface area contributed by atoms with Gasteiger partial charge in [0.15, 0.2) is 6.23 Å². The van der Waals surface area contributed by atoms with Crippen LogP contribution >= 0.6 is 0 Å². The molecule has 9 unspecified atom stereocenters.